The lowest BCUT2D eigenvalue weighted by atomic mass is 9.84. The van der Waals surface area contributed by atoms with Crippen molar-refractivity contribution in [2.24, 2.45) is 10.9 Å². The molecular formula is C30H39FN2O. The van der Waals surface area contributed by atoms with Crippen molar-refractivity contribution in [2.75, 3.05) is 0 Å². The Bertz CT molecular complexity index is 1050. The molecule has 1 amide bonds. The van der Waals surface area contributed by atoms with Crippen molar-refractivity contribution in [3.8, 4) is 0 Å². The van der Waals surface area contributed by atoms with E-state index in [1.807, 2.05) is 12.3 Å². The van der Waals surface area contributed by atoms with Crippen LogP contribution in [-0.2, 0) is 6.42 Å². The number of allylic oxidation sites excluding steroid dienone is 2. The van der Waals surface area contributed by atoms with Crippen LogP contribution in [0.4, 0.5) is 4.39 Å². The molecule has 3 rings (SSSR count). The number of benzene rings is 2. The molecule has 1 aliphatic rings. The zero-order chi connectivity index (χ0) is 24.7. The van der Waals surface area contributed by atoms with Crippen LogP contribution >= 0.6 is 0 Å². The van der Waals surface area contributed by atoms with Gasteiger partial charge in [0.1, 0.15) is 5.82 Å². The number of carbonyl (C=O) groups excluding carboxylic acids is 1. The molecule has 4 heteroatoms. The molecule has 0 bridgehead atoms. The van der Waals surface area contributed by atoms with E-state index in [-0.39, 0.29) is 23.4 Å². The molecule has 0 radical (unpaired) electrons. The van der Waals surface area contributed by atoms with Crippen molar-refractivity contribution in [3.05, 3.63) is 81.8 Å². The van der Waals surface area contributed by atoms with Gasteiger partial charge in [0.25, 0.3) is 5.91 Å². The molecule has 0 saturated carbocycles. The number of aryl methyl sites for hydroxylation is 1. The summed E-state index contributed by atoms with van der Waals surface area (Å²) >= 11 is 0. The van der Waals surface area contributed by atoms with E-state index in [2.05, 4.69) is 64.2 Å². The highest BCUT2D eigenvalue weighted by atomic mass is 19.1. The fourth-order valence-corrected chi connectivity index (χ4v) is 4.75. The number of amides is 1. The quantitative estimate of drug-likeness (QED) is 0.391. The molecule has 2 atom stereocenters. The van der Waals surface area contributed by atoms with Crippen molar-refractivity contribution in [2.45, 2.75) is 85.1 Å². The van der Waals surface area contributed by atoms with Crippen molar-refractivity contribution in [3.63, 3.8) is 0 Å². The largest absolute Gasteiger partial charge is 0.349 e. The van der Waals surface area contributed by atoms with Gasteiger partial charge in [-0.1, -0.05) is 64.0 Å². The Hall–Kier alpha value is -2.75. The molecular weight excluding hydrogens is 423 g/mol. The van der Waals surface area contributed by atoms with E-state index in [4.69, 9.17) is 4.99 Å². The zero-order valence-electron chi connectivity index (χ0n) is 21.3. The Morgan fingerprint density at radius 2 is 1.88 bits per heavy atom. The smallest absolute Gasteiger partial charge is 0.254 e. The fraction of sp³-hybridized carbons (Fsp3) is 0.467. The van der Waals surface area contributed by atoms with Gasteiger partial charge in [0.05, 0.1) is 5.56 Å². The van der Waals surface area contributed by atoms with Crippen LogP contribution in [0.15, 0.2) is 53.2 Å². The maximum absolute atomic E-state index is 15.1. The van der Waals surface area contributed by atoms with Gasteiger partial charge >= 0.3 is 0 Å². The highest BCUT2D eigenvalue weighted by molar-refractivity contribution is 5.94. The van der Waals surface area contributed by atoms with E-state index in [9.17, 15) is 4.79 Å². The van der Waals surface area contributed by atoms with Gasteiger partial charge in [-0.05, 0) is 79.8 Å². The number of hydrogen-bond donors (Lipinski definition) is 1. The van der Waals surface area contributed by atoms with Crippen LogP contribution in [0.5, 0.6) is 0 Å². The highest BCUT2D eigenvalue weighted by Crippen LogP contribution is 2.34. The zero-order valence-corrected chi connectivity index (χ0v) is 21.3. The number of carbonyl (C=O) groups is 1. The Kier molecular flexibility index (Phi) is 9.20. The number of hydrogen-bond acceptors (Lipinski definition) is 2. The minimum atomic E-state index is -0.462. The summed E-state index contributed by atoms with van der Waals surface area (Å²) in [5.41, 5.74) is 5.74. The first kappa shape index (κ1) is 25.9. The van der Waals surface area contributed by atoms with E-state index in [0.29, 0.717) is 12.3 Å². The topological polar surface area (TPSA) is 41.5 Å². The average Bonchev–Trinajstić information content (AvgIpc) is 2.80. The summed E-state index contributed by atoms with van der Waals surface area (Å²) in [4.78, 5) is 17.5. The van der Waals surface area contributed by atoms with E-state index in [0.717, 1.165) is 43.4 Å². The summed E-state index contributed by atoms with van der Waals surface area (Å²) in [7, 11) is 0. The van der Waals surface area contributed by atoms with Crippen molar-refractivity contribution >= 4 is 12.1 Å². The molecule has 2 aromatic rings. The summed E-state index contributed by atoms with van der Waals surface area (Å²) in [5, 5.41) is 3.02. The molecule has 182 valence electrons. The summed E-state index contributed by atoms with van der Waals surface area (Å²) in [5.74, 6) is -0.310. The van der Waals surface area contributed by atoms with Gasteiger partial charge in [-0.15, -0.1) is 0 Å². The second-order valence-electron chi connectivity index (χ2n) is 9.73. The molecule has 3 nitrogen and oxygen atoms in total. The number of halogens is 1. The highest BCUT2D eigenvalue weighted by Gasteiger charge is 2.23. The normalized spacial score (nSPS) is 16.4. The van der Waals surface area contributed by atoms with Gasteiger partial charge in [-0.2, -0.15) is 0 Å². The average molecular weight is 463 g/mol. The molecule has 1 aliphatic heterocycles. The Morgan fingerprint density at radius 1 is 1.15 bits per heavy atom. The molecule has 0 aromatic heterocycles. The predicted molar refractivity (Wildman–Crippen MR) is 140 cm³/mol. The SMILES string of the molecule is CCCC(CCC)NC(=O)c1ccc(CC(C2=CCC(C)C=N2)c2cccc(C)c2C)cc1F. The van der Waals surface area contributed by atoms with Gasteiger partial charge in [0, 0.05) is 23.9 Å². The summed E-state index contributed by atoms with van der Waals surface area (Å²) in [6, 6.07) is 11.5. The number of aliphatic imine (C=N–C) groups is 1. The van der Waals surface area contributed by atoms with E-state index >= 15 is 4.39 Å². The first-order chi connectivity index (χ1) is 16.3. The Balaban J connectivity index is 1.86. The third kappa shape index (κ3) is 6.43. The van der Waals surface area contributed by atoms with Crippen LogP contribution in [0, 0.1) is 25.6 Å². The first-order valence-corrected chi connectivity index (χ1v) is 12.7. The summed E-state index contributed by atoms with van der Waals surface area (Å²) in [6.45, 7) is 10.6. The third-order valence-corrected chi connectivity index (χ3v) is 6.88. The number of rotatable bonds is 10. The standard InChI is InChI=1S/C30H39FN2O/c1-6-9-24(10-7-2)33-30(34)26-15-14-23(18-28(26)31)17-27(29-16-13-20(3)19-32-29)25-12-8-11-21(4)22(25)5/h8,11-12,14-16,18-20,24,27H,6-7,9-10,13,17H2,1-5H3,(H,33,34). The molecule has 1 heterocycles. The molecule has 2 aromatic carbocycles. The van der Waals surface area contributed by atoms with Crippen LogP contribution in [-0.4, -0.2) is 18.2 Å². The van der Waals surface area contributed by atoms with Crippen LogP contribution < -0.4 is 5.32 Å². The van der Waals surface area contributed by atoms with Crippen LogP contribution in [0.3, 0.4) is 0 Å². The monoisotopic (exact) mass is 462 g/mol. The van der Waals surface area contributed by atoms with E-state index in [1.165, 1.54) is 22.8 Å². The van der Waals surface area contributed by atoms with E-state index in [1.54, 1.807) is 6.07 Å². The van der Waals surface area contributed by atoms with Crippen LogP contribution in [0.25, 0.3) is 0 Å². The van der Waals surface area contributed by atoms with Gasteiger partial charge in [0.2, 0.25) is 0 Å². The summed E-state index contributed by atoms with van der Waals surface area (Å²) < 4.78 is 15.1. The van der Waals surface area contributed by atoms with Gasteiger partial charge in [0.15, 0.2) is 0 Å². The van der Waals surface area contributed by atoms with Gasteiger partial charge in [-0.3, -0.25) is 9.79 Å². The lowest BCUT2D eigenvalue weighted by molar-refractivity contribution is 0.0928. The van der Waals surface area contributed by atoms with Gasteiger partial charge in [-0.25, -0.2) is 4.39 Å². The fourth-order valence-electron chi connectivity index (χ4n) is 4.75. The minimum absolute atomic E-state index is 0.0428. The maximum atomic E-state index is 15.1. The second-order valence-corrected chi connectivity index (χ2v) is 9.73. The first-order valence-electron chi connectivity index (χ1n) is 12.7. The molecule has 0 fully saturated rings. The summed E-state index contributed by atoms with van der Waals surface area (Å²) in [6.07, 6.45) is 9.63. The molecule has 0 spiro atoms. The minimum Gasteiger partial charge on any atom is -0.349 e. The lowest BCUT2D eigenvalue weighted by Crippen LogP contribution is -2.35. The number of nitrogens with zero attached hydrogens (tertiary/aromatic N) is 1. The number of nitrogens with one attached hydrogen (secondary N) is 1. The van der Waals surface area contributed by atoms with Crippen molar-refractivity contribution in [1.29, 1.82) is 0 Å². The Morgan fingerprint density at radius 3 is 2.50 bits per heavy atom. The van der Waals surface area contributed by atoms with Crippen molar-refractivity contribution < 1.29 is 9.18 Å². The molecule has 1 N–H and O–H groups in total. The molecule has 34 heavy (non-hydrogen) atoms. The maximum Gasteiger partial charge on any atom is 0.254 e. The molecule has 0 aliphatic carbocycles. The van der Waals surface area contributed by atoms with E-state index < -0.39 is 5.82 Å². The van der Waals surface area contributed by atoms with Crippen LogP contribution in [0.1, 0.15) is 91.4 Å². The van der Waals surface area contributed by atoms with Gasteiger partial charge < -0.3 is 5.32 Å². The van der Waals surface area contributed by atoms with Crippen molar-refractivity contribution in [1.82, 2.24) is 5.32 Å². The molecule has 2 unspecified atom stereocenters. The molecule has 0 saturated heterocycles. The lowest BCUT2D eigenvalue weighted by Gasteiger charge is -2.24. The Labute approximate surface area is 204 Å². The van der Waals surface area contributed by atoms with Crippen LogP contribution in [0.2, 0.25) is 0 Å². The second kappa shape index (κ2) is 12.1. The third-order valence-electron chi connectivity index (χ3n) is 6.88. The predicted octanol–water partition coefficient (Wildman–Crippen LogP) is 7.46.